The summed E-state index contributed by atoms with van der Waals surface area (Å²) in [5.74, 6) is 3.06. The highest BCUT2D eigenvalue weighted by Crippen LogP contribution is 2.48. The minimum atomic E-state index is -0.0901. The molecule has 1 aliphatic heterocycles. The Hall–Kier alpha value is -1.72. The Morgan fingerprint density at radius 3 is 2.79 bits per heavy atom. The molecule has 2 heterocycles. The molecule has 2 aromatic rings. The summed E-state index contributed by atoms with van der Waals surface area (Å²) in [6.07, 6.45) is 1.21. The van der Waals surface area contributed by atoms with Crippen LogP contribution >= 0.6 is 0 Å². The zero-order valence-electron chi connectivity index (χ0n) is 14.4. The summed E-state index contributed by atoms with van der Waals surface area (Å²) < 4.78 is 11.6. The molecule has 0 amide bonds. The second-order valence-corrected chi connectivity index (χ2v) is 7.27. The first-order chi connectivity index (χ1) is 11.7. The molecule has 128 valence electrons. The number of rotatable bonds is 5. The first-order valence-electron chi connectivity index (χ1n) is 8.93. The van der Waals surface area contributed by atoms with Crippen molar-refractivity contribution in [1.82, 2.24) is 15.1 Å². The molecule has 1 unspecified atom stereocenters. The SMILES string of the molecule is CC(C)c1nnc(C2CN(C[C@@H]3C[C@H]3c3ccccc3)CCO2)o1. The van der Waals surface area contributed by atoms with Crippen LogP contribution in [0.3, 0.4) is 0 Å². The van der Waals surface area contributed by atoms with Crippen molar-refractivity contribution in [2.45, 2.75) is 38.2 Å². The summed E-state index contributed by atoms with van der Waals surface area (Å²) in [6.45, 7) is 7.80. The molecule has 1 saturated heterocycles. The summed E-state index contributed by atoms with van der Waals surface area (Å²) in [5, 5.41) is 8.31. The Morgan fingerprint density at radius 2 is 2.04 bits per heavy atom. The molecule has 24 heavy (non-hydrogen) atoms. The van der Waals surface area contributed by atoms with Crippen LogP contribution in [0.4, 0.5) is 0 Å². The lowest BCUT2D eigenvalue weighted by molar-refractivity contribution is -0.0445. The lowest BCUT2D eigenvalue weighted by Crippen LogP contribution is -2.39. The normalized spacial score (nSPS) is 27.5. The van der Waals surface area contributed by atoms with Gasteiger partial charge in [0, 0.05) is 25.6 Å². The monoisotopic (exact) mass is 327 g/mol. The van der Waals surface area contributed by atoms with Crippen molar-refractivity contribution in [3.63, 3.8) is 0 Å². The van der Waals surface area contributed by atoms with Crippen molar-refractivity contribution in [2.75, 3.05) is 26.2 Å². The molecule has 0 radical (unpaired) electrons. The molecule has 0 spiro atoms. The number of morpholine rings is 1. The zero-order valence-corrected chi connectivity index (χ0v) is 14.4. The summed E-state index contributed by atoms with van der Waals surface area (Å²) in [6, 6.07) is 10.9. The van der Waals surface area contributed by atoms with Gasteiger partial charge in [0.05, 0.1) is 6.61 Å². The van der Waals surface area contributed by atoms with Gasteiger partial charge < -0.3 is 9.15 Å². The fourth-order valence-electron chi connectivity index (χ4n) is 3.52. The van der Waals surface area contributed by atoms with Gasteiger partial charge in [-0.2, -0.15) is 0 Å². The highest BCUT2D eigenvalue weighted by molar-refractivity contribution is 5.25. The van der Waals surface area contributed by atoms with E-state index in [1.165, 1.54) is 12.0 Å². The molecule has 4 rings (SSSR count). The molecule has 0 N–H and O–H groups in total. The van der Waals surface area contributed by atoms with Gasteiger partial charge in [-0.1, -0.05) is 44.2 Å². The van der Waals surface area contributed by atoms with Gasteiger partial charge in [0.2, 0.25) is 11.8 Å². The van der Waals surface area contributed by atoms with E-state index in [1.54, 1.807) is 0 Å². The fourth-order valence-corrected chi connectivity index (χ4v) is 3.52. The van der Waals surface area contributed by atoms with E-state index in [2.05, 4.69) is 59.3 Å². The summed E-state index contributed by atoms with van der Waals surface area (Å²) >= 11 is 0. The van der Waals surface area contributed by atoms with Crippen LogP contribution < -0.4 is 0 Å². The van der Waals surface area contributed by atoms with Crippen LogP contribution in [0.2, 0.25) is 0 Å². The Bertz CT molecular complexity index is 670. The minimum absolute atomic E-state index is 0.0901. The van der Waals surface area contributed by atoms with Crippen LogP contribution in [0, 0.1) is 5.92 Å². The number of nitrogens with zero attached hydrogens (tertiary/aromatic N) is 3. The van der Waals surface area contributed by atoms with Gasteiger partial charge in [0.15, 0.2) is 0 Å². The van der Waals surface area contributed by atoms with E-state index in [0.717, 1.165) is 38.1 Å². The molecule has 5 nitrogen and oxygen atoms in total. The molecule has 1 aliphatic carbocycles. The maximum absolute atomic E-state index is 5.86. The van der Waals surface area contributed by atoms with Gasteiger partial charge in [0.25, 0.3) is 0 Å². The van der Waals surface area contributed by atoms with E-state index in [-0.39, 0.29) is 12.0 Å². The molecule has 1 aromatic carbocycles. The second kappa shape index (κ2) is 6.65. The summed E-state index contributed by atoms with van der Waals surface area (Å²) in [7, 11) is 0. The molecule has 2 aliphatic rings. The van der Waals surface area contributed by atoms with Crippen molar-refractivity contribution in [2.24, 2.45) is 5.92 Å². The Kier molecular flexibility index (Phi) is 4.37. The predicted molar refractivity (Wildman–Crippen MR) is 90.8 cm³/mol. The molecule has 1 saturated carbocycles. The average molecular weight is 327 g/mol. The zero-order chi connectivity index (χ0) is 16.5. The van der Waals surface area contributed by atoms with E-state index in [1.807, 2.05) is 0 Å². The van der Waals surface area contributed by atoms with Crippen molar-refractivity contribution < 1.29 is 9.15 Å². The summed E-state index contributed by atoms with van der Waals surface area (Å²) in [5.41, 5.74) is 1.48. The molecule has 1 aromatic heterocycles. The molecule has 2 fully saturated rings. The smallest absolute Gasteiger partial charge is 0.246 e. The van der Waals surface area contributed by atoms with E-state index in [0.29, 0.717) is 11.8 Å². The Labute approximate surface area is 143 Å². The van der Waals surface area contributed by atoms with Crippen LogP contribution in [0.25, 0.3) is 0 Å². The van der Waals surface area contributed by atoms with Gasteiger partial charge in [0.1, 0.15) is 6.10 Å². The van der Waals surface area contributed by atoms with Crippen LogP contribution in [0.5, 0.6) is 0 Å². The van der Waals surface area contributed by atoms with E-state index in [9.17, 15) is 0 Å². The first kappa shape index (κ1) is 15.8. The highest BCUT2D eigenvalue weighted by Gasteiger charge is 2.40. The highest BCUT2D eigenvalue weighted by atomic mass is 16.5. The average Bonchev–Trinajstić information content (AvgIpc) is 3.18. The third kappa shape index (κ3) is 3.37. The van der Waals surface area contributed by atoms with Gasteiger partial charge in [-0.15, -0.1) is 10.2 Å². The van der Waals surface area contributed by atoms with Gasteiger partial charge in [-0.25, -0.2) is 0 Å². The van der Waals surface area contributed by atoms with Crippen LogP contribution in [0.15, 0.2) is 34.7 Å². The standard InChI is InChI=1S/C19H25N3O2/c1-13(2)18-20-21-19(24-18)17-12-22(8-9-23-17)11-15-10-16(15)14-6-4-3-5-7-14/h3-7,13,15-17H,8-12H2,1-2H3/t15-,16-,17?/m0/s1. The largest absolute Gasteiger partial charge is 0.422 e. The maximum atomic E-state index is 5.86. The number of hydrogen-bond donors (Lipinski definition) is 0. The van der Waals surface area contributed by atoms with Gasteiger partial charge in [-0.3, -0.25) is 4.90 Å². The molecule has 5 heteroatoms. The van der Waals surface area contributed by atoms with Crippen molar-refractivity contribution in [3.8, 4) is 0 Å². The number of ether oxygens (including phenoxy) is 1. The lowest BCUT2D eigenvalue weighted by atomic mass is 10.1. The van der Waals surface area contributed by atoms with E-state index >= 15 is 0 Å². The van der Waals surface area contributed by atoms with E-state index < -0.39 is 0 Å². The number of benzene rings is 1. The molecule has 0 bridgehead atoms. The quantitative estimate of drug-likeness (QED) is 0.843. The topological polar surface area (TPSA) is 51.4 Å². The van der Waals surface area contributed by atoms with E-state index in [4.69, 9.17) is 9.15 Å². The second-order valence-electron chi connectivity index (χ2n) is 7.27. The van der Waals surface area contributed by atoms with Crippen molar-refractivity contribution >= 4 is 0 Å². The number of aromatic nitrogens is 2. The molecular formula is C19H25N3O2. The van der Waals surface area contributed by atoms with Gasteiger partial charge >= 0.3 is 0 Å². The third-order valence-corrected chi connectivity index (χ3v) is 5.02. The maximum Gasteiger partial charge on any atom is 0.246 e. The predicted octanol–water partition coefficient (Wildman–Crippen LogP) is 3.37. The molecular weight excluding hydrogens is 302 g/mol. The van der Waals surface area contributed by atoms with Crippen LogP contribution in [-0.4, -0.2) is 41.3 Å². The summed E-state index contributed by atoms with van der Waals surface area (Å²) in [4.78, 5) is 2.49. The van der Waals surface area contributed by atoms with Crippen molar-refractivity contribution in [1.29, 1.82) is 0 Å². The fraction of sp³-hybridized carbons (Fsp3) is 0.579. The van der Waals surface area contributed by atoms with Crippen LogP contribution in [-0.2, 0) is 4.74 Å². The first-order valence-corrected chi connectivity index (χ1v) is 8.93. The lowest BCUT2D eigenvalue weighted by Gasteiger charge is -2.31. The van der Waals surface area contributed by atoms with Crippen molar-refractivity contribution in [3.05, 3.63) is 47.7 Å². The minimum Gasteiger partial charge on any atom is -0.422 e. The van der Waals surface area contributed by atoms with Gasteiger partial charge in [-0.05, 0) is 23.8 Å². The Morgan fingerprint density at radius 1 is 1.21 bits per heavy atom. The van der Waals surface area contributed by atoms with Crippen LogP contribution in [0.1, 0.15) is 55.6 Å². The Balaban J connectivity index is 1.34. The third-order valence-electron chi connectivity index (χ3n) is 5.02. The number of hydrogen-bond acceptors (Lipinski definition) is 5. The molecule has 3 atom stereocenters.